The van der Waals surface area contributed by atoms with Crippen molar-refractivity contribution < 1.29 is 29.4 Å². The molecule has 0 aromatic carbocycles. The monoisotopic (exact) mass is 854 g/mol. The Morgan fingerprint density at radius 3 is 1.31 bits per heavy atom. The quantitative estimate of drug-likeness (QED) is 0.275. The van der Waals surface area contributed by atoms with Crippen molar-refractivity contribution in [3.05, 3.63) is 79.6 Å². The number of nitrogens with zero attached hydrogens (tertiary/aromatic N) is 4. The van der Waals surface area contributed by atoms with E-state index in [2.05, 4.69) is 10.6 Å². The predicted molar refractivity (Wildman–Crippen MR) is 236 cm³/mol. The standard InChI is InChI=1S/2C24H33N3O4/c2*1-3-7-17-10-11-19-22-21(23(30)25-12-16-8-5-4-6-9-16)18(14-28)20(27(22)15(2)29)13-26(19)24(17)31/h2*3,7,10-11,16,18,20-22,28H,4-6,8-9,12-14H2,1-2H3,(H,25,30)/b7-3+;7-3-/t2*18-,20-,21+,22+/m00/s1. The molecule has 0 spiro atoms. The highest BCUT2D eigenvalue weighted by Gasteiger charge is 2.58. The molecule has 336 valence electrons. The van der Waals surface area contributed by atoms with Gasteiger partial charge >= 0.3 is 0 Å². The SMILES string of the molecule is C/C=C/c1ccc2n(c1=O)C[C@H]1[C@H](CO)[C@@H](C(=O)NCC3CCCCC3)[C@@H]2N1C(C)=O.C/C=C\c1ccc2n(c1=O)C[C@H]1[C@H](CO)[C@@H](C(=O)NCC3CCCCC3)[C@@H]2N1C(C)=O. The highest BCUT2D eigenvalue weighted by atomic mass is 16.3. The van der Waals surface area contributed by atoms with E-state index in [0.29, 0.717) is 60.5 Å². The molecule has 62 heavy (non-hydrogen) atoms. The zero-order valence-electron chi connectivity index (χ0n) is 36.8. The van der Waals surface area contributed by atoms with Gasteiger partial charge in [0.15, 0.2) is 0 Å². The average Bonchev–Trinajstić information content (AvgIpc) is 3.68. The number of hydrogen-bond acceptors (Lipinski definition) is 8. The van der Waals surface area contributed by atoms with Crippen LogP contribution in [0, 0.1) is 35.5 Å². The number of aliphatic hydroxyl groups is 2. The molecule has 2 saturated carbocycles. The minimum Gasteiger partial charge on any atom is -0.396 e. The fourth-order valence-electron chi connectivity index (χ4n) is 11.8. The number of pyridine rings is 2. The molecule has 2 aromatic heterocycles. The van der Waals surface area contributed by atoms with E-state index in [-0.39, 0.29) is 60.0 Å². The molecule has 8 atom stereocenters. The number of carbonyl (C=O) groups excluding carboxylic acids is 4. The van der Waals surface area contributed by atoms with Crippen LogP contribution >= 0.6 is 0 Å². The molecule has 0 unspecified atom stereocenters. The van der Waals surface area contributed by atoms with Crippen LogP contribution in [0.25, 0.3) is 12.2 Å². The lowest BCUT2D eigenvalue weighted by molar-refractivity contribution is -0.136. The smallest absolute Gasteiger partial charge is 0.258 e. The van der Waals surface area contributed by atoms with E-state index in [0.717, 1.165) is 25.7 Å². The van der Waals surface area contributed by atoms with Crippen LogP contribution in [0.4, 0.5) is 0 Å². The zero-order chi connectivity index (χ0) is 44.2. The summed E-state index contributed by atoms with van der Waals surface area (Å²) in [6.45, 7) is 8.19. The number of aliphatic hydroxyl groups excluding tert-OH is 2. The van der Waals surface area contributed by atoms with Crippen LogP contribution in [-0.4, -0.2) is 91.2 Å². The topological polar surface area (TPSA) is 183 Å². The number of amides is 4. The van der Waals surface area contributed by atoms with Crippen LogP contribution in [0.1, 0.15) is 127 Å². The lowest BCUT2D eigenvalue weighted by Gasteiger charge is -2.37. The molecular weight excluding hydrogens is 789 g/mol. The van der Waals surface area contributed by atoms with Crippen molar-refractivity contribution in [2.45, 2.75) is 129 Å². The Kier molecular flexibility index (Phi) is 14.4. The molecule has 4 bridgehead atoms. The lowest BCUT2D eigenvalue weighted by atomic mass is 9.85. The summed E-state index contributed by atoms with van der Waals surface area (Å²) in [5, 5.41) is 26.7. The molecule has 4 fully saturated rings. The third-order valence-corrected chi connectivity index (χ3v) is 14.8. The van der Waals surface area contributed by atoms with Crippen molar-refractivity contribution in [3.63, 3.8) is 0 Å². The molecule has 2 aromatic rings. The fourth-order valence-corrected chi connectivity index (χ4v) is 11.8. The predicted octanol–water partition coefficient (Wildman–Crippen LogP) is 4.18. The van der Waals surface area contributed by atoms with E-state index >= 15 is 0 Å². The average molecular weight is 855 g/mol. The molecular formula is C48H66N6O8. The second kappa shape index (κ2) is 19.7. The van der Waals surface area contributed by atoms with Crippen LogP contribution in [-0.2, 0) is 32.3 Å². The van der Waals surface area contributed by atoms with Gasteiger partial charge in [-0.15, -0.1) is 0 Å². The van der Waals surface area contributed by atoms with Crippen LogP contribution in [0.3, 0.4) is 0 Å². The number of carbonyl (C=O) groups is 4. The first-order valence-corrected chi connectivity index (χ1v) is 23.0. The van der Waals surface area contributed by atoms with Crippen LogP contribution in [0.2, 0.25) is 0 Å². The van der Waals surface area contributed by atoms with E-state index < -0.39 is 35.8 Å². The second-order valence-electron chi connectivity index (χ2n) is 18.4. The zero-order valence-corrected chi connectivity index (χ0v) is 36.8. The first-order chi connectivity index (χ1) is 29.9. The maximum absolute atomic E-state index is 13.4. The van der Waals surface area contributed by atoms with Gasteiger partial charge in [0.05, 0.1) is 36.0 Å². The Hall–Kier alpha value is -4.82. The number of aromatic nitrogens is 2. The van der Waals surface area contributed by atoms with Gasteiger partial charge in [0.1, 0.15) is 0 Å². The van der Waals surface area contributed by atoms with E-state index in [4.69, 9.17) is 0 Å². The number of allylic oxidation sites excluding steroid dienone is 2. The summed E-state index contributed by atoms with van der Waals surface area (Å²) in [5.41, 5.74) is 2.29. The van der Waals surface area contributed by atoms with Crippen molar-refractivity contribution in [2.24, 2.45) is 35.5 Å². The van der Waals surface area contributed by atoms with Crippen LogP contribution < -0.4 is 21.8 Å². The summed E-state index contributed by atoms with van der Waals surface area (Å²) < 4.78 is 3.39. The Morgan fingerprint density at radius 2 is 0.984 bits per heavy atom. The van der Waals surface area contributed by atoms with E-state index in [1.54, 1.807) is 43.2 Å². The van der Waals surface area contributed by atoms with Crippen molar-refractivity contribution >= 4 is 35.8 Å². The molecule has 6 heterocycles. The number of nitrogens with one attached hydrogen (secondary N) is 2. The molecule has 2 aliphatic carbocycles. The van der Waals surface area contributed by atoms with Gasteiger partial charge in [-0.3, -0.25) is 28.8 Å². The summed E-state index contributed by atoms with van der Waals surface area (Å²) in [7, 11) is 0. The Bertz CT molecular complexity index is 2010. The summed E-state index contributed by atoms with van der Waals surface area (Å²) in [4.78, 5) is 81.4. The Morgan fingerprint density at radius 1 is 0.613 bits per heavy atom. The largest absolute Gasteiger partial charge is 0.396 e. The number of rotatable bonds is 10. The van der Waals surface area contributed by atoms with Gasteiger partial charge in [-0.1, -0.05) is 62.8 Å². The number of hydrogen-bond donors (Lipinski definition) is 4. The van der Waals surface area contributed by atoms with Gasteiger partial charge in [0, 0.05) is 87.6 Å². The highest BCUT2D eigenvalue weighted by molar-refractivity contribution is 5.84. The molecule has 14 heteroatoms. The van der Waals surface area contributed by atoms with E-state index in [1.165, 1.54) is 52.4 Å². The van der Waals surface area contributed by atoms with Gasteiger partial charge in [0.2, 0.25) is 23.6 Å². The molecule has 6 aliphatic rings. The number of fused-ring (bicyclic) bond motifs is 8. The first kappa shape index (κ1) is 45.2. The third kappa shape index (κ3) is 8.61. The molecule has 2 saturated heterocycles. The van der Waals surface area contributed by atoms with Gasteiger partial charge in [-0.2, -0.15) is 0 Å². The molecule has 4 amide bonds. The molecule has 0 radical (unpaired) electrons. The van der Waals surface area contributed by atoms with E-state index in [1.807, 2.05) is 38.1 Å². The summed E-state index contributed by atoms with van der Waals surface area (Å²) >= 11 is 0. The van der Waals surface area contributed by atoms with Crippen molar-refractivity contribution in [1.82, 2.24) is 29.6 Å². The molecule has 4 N–H and O–H groups in total. The van der Waals surface area contributed by atoms with Crippen LogP contribution in [0.15, 0.2) is 46.0 Å². The second-order valence-corrected chi connectivity index (χ2v) is 18.4. The third-order valence-electron chi connectivity index (χ3n) is 14.8. The van der Waals surface area contributed by atoms with Gasteiger partial charge < -0.3 is 39.8 Å². The van der Waals surface area contributed by atoms with Gasteiger partial charge in [-0.25, -0.2) is 0 Å². The fraction of sp³-hybridized carbons (Fsp3) is 0.625. The molecule has 8 rings (SSSR count). The Labute approximate surface area is 364 Å². The van der Waals surface area contributed by atoms with E-state index in [9.17, 15) is 39.0 Å². The summed E-state index contributed by atoms with van der Waals surface area (Å²) in [5.74, 6) is -1.45. The minimum absolute atomic E-state index is 0.117. The molecule has 4 aliphatic heterocycles. The van der Waals surface area contributed by atoms with Crippen LogP contribution in [0.5, 0.6) is 0 Å². The van der Waals surface area contributed by atoms with Gasteiger partial charge in [-0.05, 0) is 75.6 Å². The van der Waals surface area contributed by atoms with Crippen molar-refractivity contribution in [1.29, 1.82) is 0 Å². The lowest BCUT2D eigenvalue weighted by Crippen LogP contribution is -2.48. The summed E-state index contributed by atoms with van der Waals surface area (Å²) in [6, 6.07) is 5.42. The van der Waals surface area contributed by atoms with Gasteiger partial charge in [0.25, 0.3) is 11.1 Å². The molecule has 14 nitrogen and oxygen atoms in total. The highest BCUT2D eigenvalue weighted by Crippen LogP contribution is 2.49. The first-order valence-electron chi connectivity index (χ1n) is 23.0. The van der Waals surface area contributed by atoms with Crippen molar-refractivity contribution in [2.75, 3.05) is 26.3 Å². The maximum atomic E-state index is 13.4. The summed E-state index contributed by atoms with van der Waals surface area (Å²) in [6.07, 6.45) is 19.0. The van der Waals surface area contributed by atoms with Crippen molar-refractivity contribution in [3.8, 4) is 0 Å². The normalized spacial score (nSPS) is 28.0. The minimum atomic E-state index is -0.566. The Balaban J connectivity index is 0.000000186. The maximum Gasteiger partial charge on any atom is 0.258 e.